The molecule has 1 heterocycles. The van der Waals surface area contributed by atoms with Crippen LogP contribution in [0.15, 0.2) is 18.3 Å². The maximum absolute atomic E-state index is 13.0. The average molecular weight is 226 g/mol. The van der Waals surface area contributed by atoms with Gasteiger partial charge in [0.15, 0.2) is 0 Å². The molecule has 1 atom stereocenters. The zero-order valence-corrected chi connectivity index (χ0v) is 9.37. The lowest BCUT2D eigenvalue weighted by Gasteiger charge is -2.10. The van der Waals surface area contributed by atoms with Gasteiger partial charge in [-0.3, -0.25) is 5.32 Å². The Morgan fingerprint density at radius 3 is 3.06 bits per heavy atom. The van der Waals surface area contributed by atoms with Gasteiger partial charge in [-0.15, -0.1) is 0 Å². The number of nitrogens with one attached hydrogen (secondary N) is 1. The number of ether oxygens (including phenoxy) is 1. The summed E-state index contributed by atoms with van der Waals surface area (Å²) in [5.41, 5.74) is 0.797. The van der Waals surface area contributed by atoms with Crippen LogP contribution in [0.3, 0.4) is 0 Å². The first-order valence-electron chi connectivity index (χ1n) is 5.16. The Morgan fingerprint density at radius 2 is 2.44 bits per heavy atom. The summed E-state index contributed by atoms with van der Waals surface area (Å²) in [6.45, 7) is 3.61. The first kappa shape index (κ1) is 12.4. The Labute approximate surface area is 93.8 Å². The van der Waals surface area contributed by atoms with Gasteiger partial charge in [0.2, 0.25) is 6.36 Å². The van der Waals surface area contributed by atoms with Crippen molar-refractivity contribution in [1.82, 2.24) is 4.98 Å². The van der Waals surface area contributed by atoms with Gasteiger partial charge >= 0.3 is 6.09 Å². The van der Waals surface area contributed by atoms with E-state index in [-0.39, 0.29) is 6.42 Å². The van der Waals surface area contributed by atoms with E-state index in [0.29, 0.717) is 12.2 Å². The van der Waals surface area contributed by atoms with Crippen LogP contribution in [0.5, 0.6) is 0 Å². The highest BCUT2D eigenvalue weighted by Gasteiger charge is 2.12. The van der Waals surface area contributed by atoms with E-state index in [4.69, 9.17) is 0 Å². The Hall–Kier alpha value is -1.65. The molecule has 1 aromatic rings. The second-order valence-corrected chi connectivity index (χ2v) is 3.40. The number of aromatic nitrogens is 1. The summed E-state index contributed by atoms with van der Waals surface area (Å²) in [4.78, 5) is 15.2. The zero-order chi connectivity index (χ0) is 12.0. The molecule has 0 aliphatic rings. The van der Waals surface area contributed by atoms with Crippen molar-refractivity contribution < 1.29 is 13.9 Å². The van der Waals surface area contributed by atoms with Crippen molar-refractivity contribution in [1.29, 1.82) is 0 Å². The largest absolute Gasteiger partial charge is 0.415 e. The van der Waals surface area contributed by atoms with Crippen molar-refractivity contribution in [3.05, 3.63) is 23.9 Å². The average Bonchev–Trinajstić information content (AvgIpc) is 2.21. The van der Waals surface area contributed by atoms with Crippen LogP contribution in [0.4, 0.5) is 15.0 Å². The van der Waals surface area contributed by atoms with Gasteiger partial charge in [-0.05, 0) is 25.0 Å². The second-order valence-electron chi connectivity index (χ2n) is 3.40. The molecule has 0 fully saturated rings. The second kappa shape index (κ2) is 6.05. The molecule has 5 heteroatoms. The van der Waals surface area contributed by atoms with Crippen LogP contribution in [-0.2, 0) is 4.74 Å². The molecule has 0 spiro atoms. The predicted octanol–water partition coefficient (Wildman–Crippen LogP) is 3.03. The van der Waals surface area contributed by atoms with Crippen molar-refractivity contribution in [2.75, 3.05) is 5.32 Å². The summed E-state index contributed by atoms with van der Waals surface area (Å²) < 4.78 is 17.4. The minimum absolute atomic E-state index is 0.203. The lowest BCUT2D eigenvalue weighted by atomic mass is 10.3. The zero-order valence-electron chi connectivity index (χ0n) is 9.37. The Balaban J connectivity index is 2.49. The molecular formula is C11H15FN2O2. The quantitative estimate of drug-likeness (QED) is 0.858. The van der Waals surface area contributed by atoms with Crippen molar-refractivity contribution in [2.45, 2.75) is 33.0 Å². The summed E-state index contributed by atoms with van der Waals surface area (Å²) in [6.07, 6.45) is -0.00967. The van der Waals surface area contributed by atoms with Crippen molar-refractivity contribution in [3.8, 4) is 0 Å². The van der Waals surface area contributed by atoms with Crippen molar-refractivity contribution in [2.24, 2.45) is 0 Å². The third-order valence-corrected chi connectivity index (χ3v) is 1.98. The lowest BCUT2D eigenvalue weighted by molar-refractivity contribution is 0.0159. The fourth-order valence-corrected chi connectivity index (χ4v) is 1.14. The van der Waals surface area contributed by atoms with Gasteiger partial charge < -0.3 is 4.74 Å². The Morgan fingerprint density at radius 1 is 1.69 bits per heavy atom. The molecule has 1 rings (SSSR count). The van der Waals surface area contributed by atoms with E-state index in [1.807, 2.05) is 6.92 Å². The third kappa shape index (κ3) is 3.84. The van der Waals surface area contributed by atoms with E-state index in [1.54, 1.807) is 25.3 Å². The van der Waals surface area contributed by atoms with Gasteiger partial charge in [0.25, 0.3) is 0 Å². The monoisotopic (exact) mass is 226 g/mol. The molecular weight excluding hydrogens is 211 g/mol. The van der Waals surface area contributed by atoms with Gasteiger partial charge in [-0.1, -0.05) is 13.0 Å². The van der Waals surface area contributed by atoms with Gasteiger partial charge in [0, 0.05) is 12.6 Å². The molecule has 1 unspecified atom stereocenters. The lowest BCUT2D eigenvalue weighted by Crippen LogP contribution is -2.20. The number of hydrogen-bond donors (Lipinski definition) is 1. The van der Waals surface area contributed by atoms with Crippen LogP contribution in [-0.4, -0.2) is 17.4 Å². The normalized spacial score (nSPS) is 11.9. The number of pyridine rings is 1. The predicted molar refractivity (Wildman–Crippen MR) is 58.9 cm³/mol. The number of halogens is 1. The van der Waals surface area contributed by atoms with E-state index in [0.717, 1.165) is 5.56 Å². The molecule has 0 saturated carbocycles. The third-order valence-electron chi connectivity index (χ3n) is 1.98. The first-order valence-corrected chi connectivity index (χ1v) is 5.16. The number of aryl methyl sites for hydroxylation is 1. The number of amides is 1. The standard InChI is InChI=1S/C11H15FN2O2/c1-3-5-9(12)16-11(15)14-10-8(2)6-4-7-13-10/h4,6-7,9H,3,5H2,1-2H3,(H,13,14,15). The number of hydrogen-bond acceptors (Lipinski definition) is 3. The molecule has 1 aromatic heterocycles. The van der Waals surface area contributed by atoms with E-state index in [1.165, 1.54) is 0 Å². The highest BCUT2D eigenvalue weighted by Crippen LogP contribution is 2.11. The molecule has 0 saturated heterocycles. The van der Waals surface area contributed by atoms with Gasteiger partial charge in [0.05, 0.1) is 0 Å². The fourth-order valence-electron chi connectivity index (χ4n) is 1.14. The maximum atomic E-state index is 13.0. The smallest absolute Gasteiger partial charge is 0.415 e. The van der Waals surface area contributed by atoms with Gasteiger partial charge in [-0.2, -0.15) is 0 Å². The molecule has 1 amide bonds. The summed E-state index contributed by atoms with van der Waals surface area (Å²) in [5.74, 6) is 0.385. The highest BCUT2D eigenvalue weighted by atomic mass is 19.1. The summed E-state index contributed by atoms with van der Waals surface area (Å²) in [7, 11) is 0. The Bertz CT molecular complexity index is 358. The molecule has 16 heavy (non-hydrogen) atoms. The fraction of sp³-hybridized carbons (Fsp3) is 0.455. The highest BCUT2D eigenvalue weighted by molar-refractivity contribution is 5.84. The molecule has 1 N–H and O–H groups in total. The summed E-state index contributed by atoms with van der Waals surface area (Å²) in [6, 6.07) is 3.54. The van der Waals surface area contributed by atoms with Crippen LogP contribution in [0.2, 0.25) is 0 Å². The summed E-state index contributed by atoms with van der Waals surface area (Å²) >= 11 is 0. The van der Waals surface area contributed by atoms with Crippen LogP contribution in [0.25, 0.3) is 0 Å². The SMILES string of the molecule is CCCC(F)OC(=O)Nc1ncccc1C. The van der Waals surface area contributed by atoms with Crippen LogP contribution >= 0.6 is 0 Å². The topological polar surface area (TPSA) is 51.2 Å². The Kier molecular flexibility index (Phi) is 4.69. The van der Waals surface area contributed by atoms with Crippen LogP contribution < -0.4 is 5.32 Å². The van der Waals surface area contributed by atoms with E-state index >= 15 is 0 Å². The molecule has 0 radical (unpaired) electrons. The van der Waals surface area contributed by atoms with Crippen molar-refractivity contribution in [3.63, 3.8) is 0 Å². The molecule has 4 nitrogen and oxygen atoms in total. The first-order chi connectivity index (χ1) is 7.63. The minimum atomic E-state index is -1.56. The number of anilines is 1. The number of nitrogens with zero attached hydrogens (tertiary/aromatic N) is 1. The molecule has 0 aliphatic carbocycles. The van der Waals surface area contributed by atoms with Crippen LogP contribution in [0, 0.1) is 6.92 Å². The van der Waals surface area contributed by atoms with Crippen LogP contribution in [0.1, 0.15) is 25.3 Å². The minimum Gasteiger partial charge on any atom is -0.415 e. The van der Waals surface area contributed by atoms with Gasteiger partial charge in [-0.25, -0.2) is 14.2 Å². The van der Waals surface area contributed by atoms with Gasteiger partial charge in [0.1, 0.15) is 5.82 Å². The number of alkyl halides is 1. The molecule has 88 valence electrons. The van der Waals surface area contributed by atoms with E-state index < -0.39 is 12.5 Å². The molecule has 0 aliphatic heterocycles. The van der Waals surface area contributed by atoms with Crippen molar-refractivity contribution >= 4 is 11.9 Å². The number of carbonyl (C=O) groups is 1. The molecule has 0 aromatic carbocycles. The maximum Gasteiger partial charge on any atom is 0.415 e. The number of rotatable bonds is 4. The van der Waals surface area contributed by atoms with E-state index in [9.17, 15) is 9.18 Å². The number of carbonyl (C=O) groups excluding carboxylic acids is 1. The molecule has 0 bridgehead atoms. The van der Waals surface area contributed by atoms with E-state index in [2.05, 4.69) is 15.0 Å². The summed E-state index contributed by atoms with van der Waals surface area (Å²) in [5, 5.41) is 2.39.